The van der Waals surface area contributed by atoms with Gasteiger partial charge in [-0.2, -0.15) is 0 Å². The van der Waals surface area contributed by atoms with Crippen molar-refractivity contribution < 1.29 is 0 Å². The maximum atomic E-state index is 3.49. The van der Waals surface area contributed by atoms with Gasteiger partial charge in [0.1, 0.15) is 0 Å². The Morgan fingerprint density at radius 1 is 1.00 bits per heavy atom. The van der Waals surface area contributed by atoms with Gasteiger partial charge in [0.2, 0.25) is 0 Å². The first-order valence-electron chi connectivity index (χ1n) is 5.41. The highest BCUT2D eigenvalue weighted by molar-refractivity contribution is 4.80. The van der Waals surface area contributed by atoms with Gasteiger partial charge in [-0.1, -0.05) is 6.42 Å². The van der Waals surface area contributed by atoms with E-state index in [0.29, 0.717) is 0 Å². The third-order valence-electron chi connectivity index (χ3n) is 3.18. The molecule has 2 rings (SSSR count). The third-order valence-corrected chi connectivity index (χ3v) is 3.18. The van der Waals surface area contributed by atoms with E-state index in [2.05, 4.69) is 10.2 Å². The smallest absolute Gasteiger partial charge is 0.0221 e. The zero-order valence-corrected chi connectivity index (χ0v) is 7.89. The fourth-order valence-corrected chi connectivity index (χ4v) is 2.43. The Balaban J connectivity index is 1.80. The first-order valence-corrected chi connectivity index (χ1v) is 5.41. The Labute approximate surface area is 75.3 Å². The Kier molecular flexibility index (Phi) is 3.01. The van der Waals surface area contributed by atoms with Crippen LogP contribution in [0.5, 0.6) is 0 Å². The highest BCUT2D eigenvalue weighted by Gasteiger charge is 2.21. The minimum Gasteiger partial charge on any atom is -0.315 e. The molecule has 0 aromatic carbocycles. The molecular formula is C10H20N2. The number of nitrogens with zero attached hydrogens (tertiary/aromatic N) is 1. The standard InChI is InChI=1S/C10H20N2/c1-2-7-12(8-3-1)10-5-4-6-11-9-10/h10-11H,1-9H2/t10-/m1/s1. The van der Waals surface area contributed by atoms with Gasteiger partial charge in [0, 0.05) is 12.6 Å². The molecule has 2 fully saturated rings. The van der Waals surface area contributed by atoms with Crippen molar-refractivity contribution in [2.75, 3.05) is 26.2 Å². The van der Waals surface area contributed by atoms with Gasteiger partial charge in [-0.15, -0.1) is 0 Å². The summed E-state index contributed by atoms with van der Waals surface area (Å²) in [6.07, 6.45) is 7.11. The van der Waals surface area contributed by atoms with E-state index in [0.717, 1.165) is 6.04 Å². The Morgan fingerprint density at radius 2 is 1.83 bits per heavy atom. The summed E-state index contributed by atoms with van der Waals surface area (Å²) in [5, 5.41) is 3.49. The minimum atomic E-state index is 0.860. The molecule has 2 aliphatic heterocycles. The van der Waals surface area contributed by atoms with Gasteiger partial charge in [0.15, 0.2) is 0 Å². The van der Waals surface area contributed by atoms with Crippen molar-refractivity contribution in [1.29, 1.82) is 0 Å². The van der Waals surface area contributed by atoms with Gasteiger partial charge >= 0.3 is 0 Å². The molecule has 2 saturated heterocycles. The molecule has 2 heteroatoms. The normalized spacial score (nSPS) is 33.5. The summed E-state index contributed by atoms with van der Waals surface area (Å²) in [6, 6.07) is 0.860. The van der Waals surface area contributed by atoms with Crippen LogP contribution in [0.25, 0.3) is 0 Å². The lowest BCUT2D eigenvalue weighted by molar-refractivity contribution is 0.139. The van der Waals surface area contributed by atoms with E-state index < -0.39 is 0 Å². The zero-order valence-electron chi connectivity index (χ0n) is 7.89. The number of nitrogens with one attached hydrogen (secondary N) is 1. The molecule has 1 atom stereocenters. The molecule has 2 heterocycles. The summed E-state index contributed by atoms with van der Waals surface area (Å²) in [4.78, 5) is 2.69. The Bertz CT molecular complexity index is 108. The van der Waals surface area contributed by atoms with Crippen molar-refractivity contribution in [3.05, 3.63) is 0 Å². The number of rotatable bonds is 1. The minimum absolute atomic E-state index is 0.860. The van der Waals surface area contributed by atoms with Gasteiger partial charge < -0.3 is 5.32 Å². The van der Waals surface area contributed by atoms with Crippen LogP contribution in [0.2, 0.25) is 0 Å². The van der Waals surface area contributed by atoms with Crippen LogP contribution in [0, 0.1) is 0 Å². The predicted molar refractivity (Wildman–Crippen MR) is 51.3 cm³/mol. The number of hydrogen-bond donors (Lipinski definition) is 1. The number of likely N-dealkylation sites (tertiary alicyclic amines) is 1. The van der Waals surface area contributed by atoms with Gasteiger partial charge in [-0.25, -0.2) is 0 Å². The maximum Gasteiger partial charge on any atom is 0.0221 e. The highest BCUT2D eigenvalue weighted by atomic mass is 15.2. The second-order valence-corrected chi connectivity index (χ2v) is 4.10. The van der Waals surface area contributed by atoms with Crippen LogP contribution in [0.15, 0.2) is 0 Å². The quantitative estimate of drug-likeness (QED) is 0.633. The molecule has 0 radical (unpaired) electrons. The van der Waals surface area contributed by atoms with Crippen LogP contribution in [0.3, 0.4) is 0 Å². The summed E-state index contributed by atoms with van der Waals surface area (Å²) in [6.45, 7) is 5.18. The van der Waals surface area contributed by atoms with Crippen molar-refractivity contribution in [2.45, 2.75) is 38.1 Å². The second-order valence-electron chi connectivity index (χ2n) is 4.10. The van der Waals surface area contributed by atoms with Crippen LogP contribution in [0.1, 0.15) is 32.1 Å². The molecule has 2 aliphatic rings. The van der Waals surface area contributed by atoms with Crippen LogP contribution in [-0.4, -0.2) is 37.1 Å². The molecule has 0 bridgehead atoms. The summed E-state index contributed by atoms with van der Waals surface area (Å²) < 4.78 is 0. The molecule has 0 amide bonds. The molecule has 0 spiro atoms. The highest BCUT2D eigenvalue weighted by Crippen LogP contribution is 2.16. The maximum absolute atomic E-state index is 3.49. The summed E-state index contributed by atoms with van der Waals surface area (Å²) in [7, 11) is 0. The lowest BCUT2D eigenvalue weighted by atomic mass is 10.0. The zero-order chi connectivity index (χ0) is 8.23. The molecule has 0 saturated carbocycles. The van der Waals surface area contributed by atoms with Crippen molar-refractivity contribution in [1.82, 2.24) is 10.2 Å². The molecule has 1 N–H and O–H groups in total. The first kappa shape index (κ1) is 8.52. The predicted octanol–water partition coefficient (Wildman–Crippen LogP) is 1.22. The molecule has 0 aromatic rings. The lowest BCUT2D eigenvalue weighted by Gasteiger charge is -2.36. The molecular weight excluding hydrogens is 148 g/mol. The van der Waals surface area contributed by atoms with E-state index in [1.54, 1.807) is 0 Å². The van der Waals surface area contributed by atoms with E-state index in [9.17, 15) is 0 Å². The van der Waals surface area contributed by atoms with E-state index in [-0.39, 0.29) is 0 Å². The molecule has 0 unspecified atom stereocenters. The molecule has 70 valence electrons. The molecule has 12 heavy (non-hydrogen) atoms. The third kappa shape index (κ3) is 1.99. The van der Waals surface area contributed by atoms with Crippen LogP contribution < -0.4 is 5.32 Å². The van der Waals surface area contributed by atoms with E-state index in [1.807, 2.05) is 0 Å². The van der Waals surface area contributed by atoms with Crippen molar-refractivity contribution in [3.8, 4) is 0 Å². The van der Waals surface area contributed by atoms with Crippen LogP contribution in [0.4, 0.5) is 0 Å². The van der Waals surface area contributed by atoms with Crippen molar-refractivity contribution in [2.24, 2.45) is 0 Å². The Morgan fingerprint density at radius 3 is 2.50 bits per heavy atom. The summed E-state index contributed by atoms with van der Waals surface area (Å²) in [5.74, 6) is 0. The van der Waals surface area contributed by atoms with Crippen LogP contribution >= 0.6 is 0 Å². The Hall–Kier alpha value is -0.0800. The van der Waals surface area contributed by atoms with Gasteiger partial charge in [0.25, 0.3) is 0 Å². The van der Waals surface area contributed by atoms with Gasteiger partial charge in [-0.05, 0) is 45.3 Å². The lowest BCUT2D eigenvalue weighted by Crippen LogP contribution is -2.47. The second kappa shape index (κ2) is 4.24. The van der Waals surface area contributed by atoms with E-state index in [4.69, 9.17) is 0 Å². The number of piperidine rings is 2. The van der Waals surface area contributed by atoms with Gasteiger partial charge in [0.05, 0.1) is 0 Å². The number of hydrogen-bond acceptors (Lipinski definition) is 2. The van der Waals surface area contributed by atoms with E-state index in [1.165, 1.54) is 58.3 Å². The largest absolute Gasteiger partial charge is 0.315 e. The fourth-order valence-electron chi connectivity index (χ4n) is 2.43. The SMILES string of the molecule is C1CCN([C@@H]2CCCNC2)CC1. The summed E-state index contributed by atoms with van der Waals surface area (Å²) in [5.41, 5.74) is 0. The topological polar surface area (TPSA) is 15.3 Å². The molecule has 0 aliphatic carbocycles. The average Bonchev–Trinajstić information content (AvgIpc) is 2.21. The first-order chi connectivity index (χ1) is 5.97. The fraction of sp³-hybridized carbons (Fsp3) is 1.00. The molecule has 2 nitrogen and oxygen atoms in total. The summed E-state index contributed by atoms with van der Waals surface area (Å²) >= 11 is 0. The van der Waals surface area contributed by atoms with Crippen molar-refractivity contribution >= 4 is 0 Å². The van der Waals surface area contributed by atoms with E-state index >= 15 is 0 Å². The average molecular weight is 168 g/mol. The monoisotopic (exact) mass is 168 g/mol. The van der Waals surface area contributed by atoms with Gasteiger partial charge in [-0.3, -0.25) is 4.90 Å². The molecule has 0 aromatic heterocycles. The van der Waals surface area contributed by atoms with Crippen LogP contribution in [-0.2, 0) is 0 Å². The van der Waals surface area contributed by atoms with Crippen molar-refractivity contribution in [3.63, 3.8) is 0 Å².